The maximum atomic E-state index is 10.7. The van der Waals surface area contributed by atoms with Crippen LogP contribution in [0.3, 0.4) is 0 Å². The predicted molar refractivity (Wildman–Crippen MR) is 53.4 cm³/mol. The van der Waals surface area contributed by atoms with Gasteiger partial charge in [0.15, 0.2) is 0 Å². The molecule has 0 spiro atoms. The lowest BCUT2D eigenvalue weighted by Crippen LogP contribution is -2.18. The Balaban J connectivity index is 3.45. The van der Waals surface area contributed by atoms with E-state index in [1.54, 1.807) is 0 Å². The lowest BCUT2D eigenvalue weighted by atomic mass is 9.96. The largest absolute Gasteiger partial charge is 0.385 e. The minimum Gasteiger partial charge on any atom is -0.385 e. The van der Waals surface area contributed by atoms with Gasteiger partial charge in [0.05, 0.1) is 21.1 Å². The van der Waals surface area contributed by atoms with Gasteiger partial charge in [-0.25, -0.2) is 0 Å². The monoisotopic (exact) mass is 215 g/mol. The van der Waals surface area contributed by atoms with Gasteiger partial charge >= 0.3 is 0 Å². The number of rotatable bonds is 2. The molecule has 0 atom stereocenters. The molecule has 1 rings (SSSR count). The summed E-state index contributed by atoms with van der Waals surface area (Å²) in [4.78, 5) is 10.1. The molecule has 0 bridgehead atoms. The van der Waals surface area contributed by atoms with Crippen LogP contribution in [0.25, 0.3) is 0 Å². The van der Waals surface area contributed by atoms with Gasteiger partial charge in [0, 0.05) is 6.07 Å². The summed E-state index contributed by atoms with van der Waals surface area (Å²) in [5.74, 6) is 0. The third-order valence-corrected chi connectivity index (χ3v) is 2.12. The average Bonchev–Trinajstić information content (AvgIpc) is 2.01. The van der Waals surface area contributed by atoms with Crippen molar-refractivity contribution in [3.63, 3.8) is 0 Å². The van der Waals surface area contributed by atoms with Gasteiger partial charge in [0.25, 0.3) is 5.69 Å². The Morgan fingerprint density at radius 3 is 2.43 bits per heavy atom. The molecule has 1 N–H and O–H groups in total. The van der Waals surface area contributed by atoms with Crippen LogP contribution in [0.5, 0.6) is 0 Å². The van der Waals surface area contributed by atoms with Crippen LogP contribution < -0.4 is 0 Å². The highest BCUT2D eigenvalue weighted by molar-refractivity contribution is 6.31. The summed E-state index contributed by atoms with van der Waals surface area (Å²) in [6.45, 7) is 2.92. The number of nitro groups is 1. The van der Waals surface area contributed by atoms with Crippen LogP contribution in [-0.4, -0.2) is 10.0 Å². The van der Waals surface area contributed by atoms with E-state index in [9.17, 15) is 15.2 Å². The Labute approximate surface area is 86.3 Å². The van der Waals surface area contributed by atoms with E-state index in [1.807, 2.05) is 0 Å². The zero-order chi connectivity index (χ0) is 10.9. The molecule has 0 aromatic heterocycles. The van der Waals surface area contributed by atoms with Gasteiger partial charge < -0.3 is 5.11 Å². The molecule has 1 aromatic carbocycles. The third-order valence-electron chi connectivity index (χ3n) is 1.80. The number of aliphatic hydroxyl groups is 1. The first-order chi connectivity index (χ1) is 6.34. The average molecular weight is 216 g/mol. The quantitative estimate of drug-likeness (QED) is 0.609. The van der Waals surface area contributed by atoms with Crippen molar-refractivity contribution in [1.82, 2.24) is 0 Å². The number of hydrogen-bond acceptors (Lipinski definition) is 3. The zero-order valence-electron chi connectivity index (χ0n) is 7.82. The van der Waals surface area contributed by atoms with Gasteiger partial charge in [0.1, 0.15) is 0 Å². The van der Waals surface area contributed by atoms with Crippen molar-refractivity contribution in [2.45, 2.75) is 19.4 Å². The van der Waals surface area contributed by atoms with E-state index in [0.717, 1.165) is 0 Å². The van der Waals surface area contributed by atoms with Crippen LogP contribution in [0.2, 0.25) is 5.02 Å². The van der Waals surface area contributed by atoms with Crippen molar-refractivity contribution in [3.8, 4) is 0 Å². The van der Waals surface area contributed by atoms with Crippen molar-refractivity contribution >= 4 is 17.3 Å². The van der Waals surface area contributed by atoms with Crippen molar-refractivity contribution in [1.29, 1.82) is 0 Å². The van der Waals surface area contributed by atoms with Crippen LogP contribution in [0.4, 0.5) is 5.69 Å². The van der Waals surface area contributed by atoms with E-state index in [1.165, 1.54) is 32.0 Å². The van der Waals surface area contributed by atoms with Gasteiger partial charge in [-0.15, -0.1) is 0 Å². The van der Waals surface area contributed by atoms with Crippen LogP contribution in [-0.2, 0) is 5.60 Å². The molecule has 76 valence electrons. The molecule has 5 heteroatoms. The van der Waals surface area contributed by atoms with Crippen molar-refractivity contribution in [3.05, 3.63) is 38.9 Å². The Morgan fingerprint density at radius 2 is 2.07 bits per heavy atom. The normalized spacial score (nSPS) is 11.4. The molecule has 0 aliphatic rings. The molecule has 0 radical (unpaired) electrons. The molecule has 0 saturated heterocycles. The van der Waals surface area contributed by atoms with E-state index in [0.29, 0.717) is 0 Å². The Kier molecular flexibility index (Phi) is 2.78. The van der Waals surface area contributed by atoms with Crippen LogP contribution in [0.15, 0.2) is 18.2 Å². The summed E-state index contributed by atoms with van der Waals surface area (Å²) >= 11 is 5.79. The standard InChI is InChI=1S/C9H10ClNO3/c1-9(2,12)8-6(10)4-3-5-7(8)11(13)14/h3-5,12H,1-2H3. The van der Waals surface area contributed by atoms with Crippen LogP contribution >= 0.6 is 11.6 Å². The van der Waals surface area contributed by atoms with E-state index >= 15 is 0 Å². The Hall–Kier alpha value is -1.13. The highest BCUT2D eigenvalue weighted by Gasteiger charge is 2.28. The Morgan fingerprint density at radius 1 is 1.50 bits per heavy atom. The highest BCUT2D eigenvalue weighted by Crippen LogP contribution is 2.35. The molecule has 0 fully saturated rings. The minimum atomic E-state index is -1.32. The third kappa shape index (κ3) is 2.02. The van der Waals surface area contributed by atoms with Gasteiger partial charge in [0.2, 0.25) is 0 Å². The summed E-state index contributed by atoms with van der Waals surface area (Å²) in [5, 5.41) is 20.6. The van der Waals surface area contributed by atoms with Crippen molar-refractivity contribution in [2.24, 2.45) is 0 Å². The predicted octanol–water partition coefficient (Wildman–Crippen LogP) is 2.48. The summed E-state index contributed by atoms with van der Waals surface area (Å²) in [7, 11) is 0. The molecule has 4 nitrogen and oxygen atoms in total. The number of benzene rings is 1. The molecule has 0 amide bonds. The second kappa shape index (κ2) is 3.55. The smallest absolute Gasteiger partial charge is 0.276 e. The first-order valence-corrected chi connectivity index (χ1v) is 4.37. The topological polar surface area (TPSA) is 63.4 Å². The first kappa shape index (κ1) is 10.9. The highest BCUT2D eigenvalue weighted by atomic mass is 35.5. The lowest BCUT2D eigenvalue weighted by Gasteiger charge is -2.18. The van der Waals surface area contributed by atoms with Gasteiger partial charge in [-0.05, 0) is 19.9 Å². The number of hydrogen-bond donors (Lipinski definition) is 1. The maximum Gasteiger partial charge on any atom is 0.276 e. The molecule has 0 saturated carbocycles. The van der Waals surface area contributed by atoms with E-state index in [2.05, 4.69) is 0 Å². The SMILES string of the molecule is CC(C)(O)c1c(Cl)cccc1[N+](=O)[O-]. The van der Waals surface area contributed by atoms with Crippen LogP contribution in [0.1, 0.15) is 19.4 Å². The number of nitro benzene ring substituents is 1. The zero-order valence-corrected chi connectivity index (χ0v) is 8.58. The minimum absolute atomic E-state index is 0.145. The first-order valence-electron chi connectivity index (χ1n) is 4.00. The number of halogens is 1. The van der Waals surface area contributed by atoms with Crippen LogP contribution in [0, 0.1) is 10.1 Å². The van der Waals surface area contributed by atoms with Gasteiger partial charge in [-0.1, -0.05) is 17.7 Å². The molecule has 0 heterocycles. The molecular weight excluding hydrogens is 206 g/mol. The molecule has 14 heavy (non-hydrogen) atoms. The fraction of sp³-hybridized carbons (Fsp3) is 0.333. The van der Waals surface area contributed by atoms with E-state index in [-0.39, 0.29) is 16.3 Å². The molecule has 0 unspecified atom stereocenters. The molecule has 0 aliphatic carbocycles. The van der Waals surface area contributed by atoms with Crippen molar-refractivity contribution < 1.29 is 10.0 Å². The van der Waals surface area contributed by atoms with Crippen molar-refractivity contribution in [2.75, 3.05) is 0 Å². The molecule has 0 aliphatic heterocycles. The second-order valence-corrected chi connectivity index (χ2v) is 3.86. The molecular formula is C9H10ClNO3. The Bertz CT molecular complexity index is 371. The number of nitrogens with zero attached hydrogens (tertiary/aromatic N) is 1. The van der Waals surface area contributed by atoms with Gasteiger partial charge in [-0.3, -0.25) is 10.1 Å². The summed E-state index contributed by atoms with van der Waals surface area (Å²) < 4.78 is 0. The lowest BCUT2D eigenvalue weighted by molar-refractivity contribution is -0.386. The fourth-order valence-corrected chi connectivity index (χ4v) is 1.67. The molecule has 1 aromatic rings. The maximum absolute atomic E-state index is 10.7. The van der Waals surface area contributed by atoms with E-state index in [4.69, 9.17) is 11.6 Å². The summed E-state index contributed by atoms with van der Waals surface area (Å²) in [5.41, 5.74) is -1.34. The second-order valence-electron chi connectivity index (χ2n) is 3.45. The summed E-state index contributed by atoms with van der Waals surface area (Å²) in [6, 6.07) is 4.32. The fourth-order valence-electron chi connectivity index (χ4n) is 1.27. The van der Waals surface area contributed by atoms with E-state index < -0.39 is 10.5 Å². The summed E-state index contributed by atoms with van der Waals surface area (Å²) in [6.07, 6.45) is 0. The van der Waals surface area contributed by atoms with Gasteiger partial charge in [-0.2, -0.15) is 0 Å².